The Balaban J connectivity index is 2.56. The van der Waals surface area contributed by atoms with Crippen LogP contribution in [-0.4, -0.2) is 5.11 Å². The largest absolute Gasteiger partial charge is 0.508 e. The quantitative estimate of drug-likeness (QED) is 0.641. The summed E-state index contributed by atoms with van der Waals surface area (Å²) in [6, 6.07) is 0. The van der Waals surface area contributed by atoms with Crippen LogP contribution in [0.15, 0.2) is 36.1 Å². The van der Waals surface area contributed by atoms with Crippen molar-refractivity contribution < 1.29 is 5.11 Å². The molecule has 0 bridgehead atoms. The SMILES string of the molecule is CCCC1C=CC=C(O)C=C1. The zero-order chi connectivity index (χ0) is 8.10. The third-order valence-corrected chi connectivity index (χ3v) is 1.76. The van der Waals surface area contributed by atoms with Gasteiger partial charge in [-0.1, -0.05) is 31.6 Å². The lowest BCUT2D eigenvalue weighted by molar-refractivity contribution is 0.432. The van der Waals surface area contributed by atoms with Crippen molar-refractivity contribution >= 4 is 0 Å². The number of aliphatic hydroxyl groups excluding tert-OH is 1. The molecular formula is C10H14O. The average Bonchev–Trinajstić information content (AvgIpc) is 2.17. The summed E-state index contributed by atoms with van der Waals surface area (Å²) >= 11 is 0. The van der Waals surface area contributed by atoms with Crippen LogP contribution in [-0.2, 0) is 0 Å². The lowest BCUT2D eigenvalue weighted by Gasteiger charge is -2.02. The van der Waals surface area contributed by atoms with Crippen LogP contribution < -0.4 is 0 Å². The first-order valence-electron chi connectivity index (χ1n) is 4.08. The standard InChI is InChI=1S/C10H14O/c1-2-4-9-5-3-6-10(11)8-7-9/h3,5-9,11H,2,4H2,1H3. The Morgan fingerprint density at radius 3 is 3.00 bits per heavy atom. The van der Waals surface area contributed by atoms with E-state index in [1.54, 1.807) is 12.2 Å². The van der Waals surface area contributed by atoms with Crippen molar-refractivity contribution in [1.82, 2.24) is 0 Å². The van der Waals surface area contributed by atoms with E-state index in [1.807, 2.05) is 12.2 Å². The molecule has 1 nitrogen and oxygen atoms in total. The summed E-state index contributed by atoms with van der Waals surface area (Å²) in [6.45, 7) is 2.17. The van der Waals surface area contributed by atoms with Gasteiger partial charge in [-0.25, -0.2) is 0 Å². The maximum Gasteiger partial charge on any atom is 0.115 e. The highest BCUT2D eigenvalue weighted by molar-refractivity contribution is 5.23. The second-order valence-electron chi connectivity index (χ2n) is 2.79. The molecule has 1 N–H and O–H groups in total. The molecule has 0 spiro atoms. The first kappa shape index (κ1) is 8.12. The molecule has 1 unspecified atom stereocenters. The molecule has 0 saturated heterocycles. The Hall–Kier alpha value is -0.980. The van der Waals surface area contributed by atoms with E-state index in [1.165, 1.54) is 6.42 Å². The summed E-state index contributed by atoms with van der Waals surface area (Å²) in [5.41, 5.74) is 0. The van der Waals surface area contributed by atoms with Crippen LogP contribution in [0.4, 0.5) is 0 Å². The third-order valence-electron chi connectivity index (χ3n) is 1.76. The van der Waals surface area contributed by atoms with Crippen LogP contribution in [0, 0.1) is 5.92 Å². The molecule has 1 heteroatoms. The summed E-state index contributed by atoms with van der Waals surface area (Å²) in [4.78, 5) is 0. The molecule has 0 radical (unpaired) electrons. The molecule has 0 aromatic heterocycles. The molecule has 0 fully saturated rings. The predicted octanol–water partition coefficient (Wildman–Crippen LogP) is 2.97. The first-order chi connectivity index (χ1) is 5.33. The van der Waals surface area contributed by atoms with Crippen molar-refractivity contribution in [2.75, 3.05) is 0 Å². The van der Waals surface area contributed by atoms with E-state index in [0.717, 1.165) is 6.42 Å². The Labute approximate surface area is 67.7 Å². The highest BCUT2D eigenvalue weighted by Crippen LogP contribution is 2.13. The lowest BCUT2D eigenvalue weighted by Crippen LogP contribution is -1.88. The van der Waals surface area contributed by atoms with Gasteiger partial charge >= 0.3 is 0 Å². The van der Waals surface area contributed by atoms with Crippen LogP contribution in [0.2, 0.25) is 0 Å². The average molecular weight is 150 g/mol. The van der Waals surface area contributed by atoms with E-state index in [2.05, 4.69) is 13.0 Å². The Bertz CT molecular complexity index is 199. The minimum atomic E-state index is 0.347. The zero-order valence-corrected chi connectivity index (χ0v) is 6.83. The molecule has 0 heterocycles. The zero-order valence-electron chi connectivity index (χ0n) is 6.83. The van der Waals surface area contributed by atoms with Gasteiger partial charge in [0.15, 0.2) is 0 Å². The van der Waals surface area contributed by atoms with Crippen molar-refractivity contribution in [3.05, 3.63) is 36.1 Å². The van der Waals surface area contributed by atoms with Crippen LogP contribution in [0.5, 0.6) is 0 Å². The van der Waals surface area contributed by atoms with Gasteiger partial charge in [0.2, 0.25) is 0 Å². The summed E-state index contributed by atoms with van der Waals surface area (Å²) in [5, 5.41) is 9.10. The molecule has 1 rings (SSSR count). The van der Waals surface area contributed by atoms with Crippen LogP contribution in [0.25, 0.3) is 0 Å². The molecule has 11 heavy (non-hydrogen) atoms. The molecule has 1 atom stereocenters. The van der Waals surface area contributed by atoms with Gasteiger partial charge in [0.1, 0.15) is 5.76 Å². The van der Waals surface area contributed by atoms with Crippen molar-refractivity contribution in [2.45, 2.75) is 19.8 Å². The maximum atomic E-state index is 9.10. The third kappa shape index (κ3) is 2.62. The summed E-state index contributed by atoms with van der Waals surface area (Å²) < 4.78 is 0. The van der Waals surface area contributed by atoms with E-state index < -0.39 is 0 Å². The van der Waals surface area contributed by atoms with Crippen molar-refractivity contribution in [3.8, 4) is 0 Å². The van der Waals surface area contributed by atoms with Gasteiger partial charge in [0.25, 0.3) is 0 Å². The van der Waals surface area contributed by atoms with Crippen molar-refractivity contribution in [3.63, 3.8) is 0 Å². The summed E-state index contributed by atoms with van der Waals surface area (Å²) in [7, 11) is 0. The normalized spacial score (nSPS) is 23.0. The van der Waals surface area contributed by atoms with Crippen LogP contribution in [0.1, 0.15) is 19.8 Å². The maximum absolute atomic E-state index is 9.10. The van der Waals surface area contributed by atoms with Crippen LogP contribution >= 0.6 is 0 Å². The Morgan fingerprint density at radius 2 is 2.27 bits per heavy atom. The molecular weight excluding hydrogens is 136 g/mol. The fraction of sp³-hybridized carbons (Fsp3) is 0.400. The van der Waals surface area contributed by atoms with E-state index in [9.17, 15) is 0 Å². The monoisotopic (exact) mass is 150 g/mol. The topological polar surface area (TPSA) is 20.2 Å². The lowest BCUT2D eigenvalue weighted by atomic mass is 10.0. The fourth-order valence-corrected chi connectivity index (χ4v) is 1.16. The van der Waals surface area contributed by atoms with Gasteiger partial charge in [-0.15, -0.1) is 0 Å². The van der Waals surface area contributed by atoms with Gasteiger partial charge in [0.05, 0.1) is 0 Å². The number of hydrogen-bond acceptors (Lipinski definition) is 1. The minimum absolute atomic E-state index is 0.347. The molecule has 0 aliphatic heterocycles. The van der Waals surface area contributed by atoms with Crippen molar-refractivity contribution in [2.24, 2.45) is 5.92 Å². The second-order valence-corrected chi connectivity index (χ2v) is 2.79. The predicted molar refractivity (Wildman–Crippen MR) is 47.4 cm³/mol. The fourth-order valence-electron chi connectivity index (χ4n) is 1.16. The van der Waals surface area contributed by atoms with E-state index in [0.29, 0.717) is 11.7 Å². The highest BCUT2D eigenvalue weighted by atomic mass is 16.3. The van der Waals surface area contributed by atoms with Gasteiger partial charge < -0.3 is 5.11 Å². The number of hydrogen-bond donors (Lipinski definition) is 1. The van der Waals surface area contributed by atoms with Gasteiger partial charge in [0, 0.05) is 0 Å². The molecule has 0 saturated carbocycles. The molecule has 0 aromatic rings. The minimum Gasteiger partial charge on any atom is -0.508 e. The molecule has 0 aromatic carbocycles. The summed E-state index contributed by atoms with van der Waals surface area (Å²) in [6.07, 6.45) is 11.9. The van der Waals surface area contributed by atoms with E-state index in [4.69, 9.17) is 5.11 Å². The highest BCUT2D eigenvalue weighted by Gasteiger charge is 1.99. The Morgan fingerprint density at radius 1 is 1.45 bits per heavy atom. The molecule has 1 aliphatic rings. The van der Waals surface area contributed by atoms with E-state index >= 15 is 0 Å². The molecule has 0 amide bonds. The Kier molecular flexibility index (Phi) is 2.96. The van der Waals surface area contributed by atoms with Crippen LogP contribution in [0.3, 0.4) is 0 Å². The first-order valence-corrected chi connectivity index (χ1v) is 4.08. The second kappa shape index (κ2) is 4.02. The van der Waals surface area contributed by atoms with Gasteiger partial charge in [-0.2, -0.15) is 0 Å². The number of allylic oxidation sites excluding steroid dienone is 5. The summed E-state index contributed by atoms with van der Waals surface area (Å²) in [5.74, 6) is 0.848. The molecule has 1 aliphatic carbocycles. The van der Waals surface area contributed by atoms with Gasteiger partial charge in [-0.3, -0.25) is 0 Å². The van der Waals surface area contributed by atoms with Crippen molar-refractivity contribution in [1.29, 1.82) is 0 Å². The van der Waals surface area contributed by atoms with E-state index in [-0.39, 0.29) is 0 Å². The molecule has 60 valence electrons. The van der Waals surface area contributed by atoms with Gasteiger partial charge in [-0.05, 0) is 24.5 Å². The number of aliphatic hydroxyl groups is 1. The smallest absolute Gasteiger partial charge is 0.115 e. The number of rotatable bonds is 2.